The van der Waals surface area contributed by atoms with Gasteiger partial charge in [0.15, 0.2) is 0 Å². The lowest BCUT2D eigenvalue weighted by Gasteiger charge is -1.92. The first-order chi connectivity index (χ1) is 6.31. The van der Waals surface area contributed by atoms with Gasteiger partial charge in [-0.3, -0.25) is 0 Å². The number of furan rings is 1. The highest BCUT2D eigenvalue weighted by atomic mass is 79.9. The summed E-state index contributed by atoms with van der Waals surface area (Å²) in [7, 11) is 0. The van der Waals surface area contributed by atoms with E-state index in [0.29, 0.717) is 4.73 Å². The highest BCUT2D eigenvalue weighted by Crippen LogP contribution is 2.27. The SMILES string of the molecule is CCc1occc1-c1nc(Br)ns1. The number of nitrogens with zero attached hydrogens (tertiary/aromatic N) is 2. The number of halogens is 1. The monoisotopic (exact) mass is 258 g/mol. The quantitative estimate of drug-likeness (QED) is 0.831. The minimum Gasteiger partial charge on any atom is -0.469 e. The summed E-state index contributed by atoms with van der Waals surface area (Å²) in [6, 6.07) is 1.92. The van der Waals surface area contributed by atoms with Crippen molar-refractivity contribution >= 4 is 27.5 Å². The van der Waals surface area contributed by atoms with Crippen LogP contribution in [0.25, 0.3) is 10.6 Å². The van der Waals surface area contributed by atoms with E-state index < -0.39 is 0 Å². The van der Waals surface area contributed by atoms with Crippen LogP contribution in [0.1, 0.15) is 12.7 Å². The second-order valence-electron chi connectivity index (χ2n) is 2.48. The fraction of sp³-hybridized carbons (Fsp3) is 0.250. The first-order valence-electron chi connectivity index (χ1n) is 3.87. The fourth-order valence-corrected chi connectivity index (χ4v) is 2.24. The first kappa shape index (κ1) is 8.90. The van der Waals surface area contributed by atoms with Gasteiger partial charge < -0.3 is 4.42 Å². The normalized spacial score (nSPS) is 10.6. The van der Waals surface area contributed by atoms with Crippen LogP contribution in [-0.2, 0) is 6.42 Å². The predicted octanol–water partition coefficient (Wildman–Crippen LogP) is 3.12. The summed E-state index contributed by atoms with van der Waals surface area (Å²) < 4.78 is 9.99. The van der Waals surface area contributed by atoms with Gasteiger partial charge in [0, 0.05) is 6.42 Å². The summed E-state index contributed by atoms with van der Waals surface area (Å²) >= 11 is 4.59. The maximum Gasteiger partial charge on any atom is 0.209 e. The van der Waals surface area contributed by atoms with Crippen LogP contribution < -0.4 is 0 Å². The third-order valence-electron chi connectivity index (χ3n) is 1.70. The maximum atomic E-state index is 5.30. The summed E-state index contributed by atoms with van der Waals surface area (Å²) in [5.41, 5.74) is 1.05. The third kappa shape index (κ3) is 1.66. The summed E-state index contributed by atoms with van der Waals surface area (Å²) in [6.07, 6.45) is 2.56. The Morgan fingerprint density at radius 3 is 3.08 bits per heavy atom. The van der Waals surface area contributed by atoms with Crippen LogP contribution in [0.3, 0.4) is 0 Å². The van der Waals surface area contributed by atoms with Crippen molar-refractivity contribution in [2.75, 3.05) is 0 Å². The van der Waals surface area contributed by atoms with Crippen molar-refractivity contribution in [1.82, 2.24) is 9.36 Å². The molecule has 2 aromatic rings. The van der Waals surface area contributed by atoms with Crippen molar-refractivity contribution < 1.29 is 4.42 Å². The molecule has 68 valence electrons. The topological polar surface area (TPSA) is 38.9 Å². The largest absolute Gasteiger partial charge is 0.469 e. The van der Waals surface area contributed by atoms with Crippen LogP contribution >= 0.6 is 27.5 Å². The van der Waals surface area contributed by atoms with Crippen LogP contribution in [0.5, 0.6) is 0 Å². The van der Waals surface area contributed by atoms with E-state index in [2.05, 4.69) is 32.2 Å². The van der Waals surface area contributed by atoms with E-state index in [1.54, 1.807) is 6.26 Å². The number of aromatic nitrogens is 2. The maximum absolute atomic E-state index is 5.30. The van der Waals surface area contributed by atoms with Crippen LogP contribution in [0, 0.1) is 0 Å². The second-order valence-corrected chi connectivity index (χ2v) is 3.94. The number of rotatable bonds is 2. The van der Waals surface area contributed by atoms with Crippen molar-refractivity contribution in [2.45, 2.75) is 13.3 Å². The van der Waals surface area contributed by atoms with Gasteiger partial charge >= 0.3 is 0 Å². The molecule has 0 fully saturated rings. The van der Waals surface area contributed by atoms with Crippen molar-refractivity contribution in [3.8, 4) is 10.6 Å². The Kier molecular flexibility index (Phi) is 2.46. The number of hydrogen-bond acceptors (Lipinski definition) is 4. The van der Waals surface area contributed by atoms with Gasteiger partial charge in [0.1, 0.15) is 10.8 Å². The molecular weight excluding hydrogens is 252 g/mol. The Morgan fingerprint density at radius 2 is 2.46 bits per heavy atom. The fourth-order valence-electron chi connectivity index (χ4n) is 1.12. The smallest absolute Gasteiger partial charge is 0.209 e. The van der Waals surface area contributed by atoms with E-state index in [9.17, 15) is 0 Å². The standard InChI is InChI=1S/C8H7BrN2OS/c1-2-6-5(3-4-12-6)7-10-8(9)11-13-7/h3-4H,2H2,1H3. The number of aryl methyl sites for hydroxylation is 1. The van der Waals surface area contributed by atoms with Gasteiger partial charge in [-0.25, -0.2) is 4.98 Å². The van der Waals surface area contributed by atoms with E-state index >= 15 is 0 Å². The van der Waals surface area contributed by atoms with Gasteiger partial charge in [0.25, 0.3) is 0 Å². The highest BCUT2D eigenvalue weighted by molar-refractivity contribution is 9.10. The molecule has 2 rings (SSSR count). The first-order valence-corrected chi connectivity index (χ1v) is 5.44. The second kappa shape index (κ2) is 3.59. The predicted molar refractivity (Wildman–Crippen MR) is 54.7 cm³/mol. The van der Waals surface area contributed by atoms with Gasteiger partial charge in [0.05, 0.1) is 11.8 Å². The van der Waals surface area contributed by atoms with Crippen molar-refractivity contribution in [3.05, 3.63) is 22.8 Å². The van der Waals surface area contributed by atoms with Crippen LogP contribution in [0.4, 0.5) is 0 Å². The molecule has 0 aliphatic rings. The molecule has 0 saturated carbocycles. The lowest BCUT2D eigenvalue weighted by Crippen LogP contribution is -1.79. The van der Waals surface area contributed by atoms with Gasteiger partial charge in [-0.2, -0.15) is 4.37 Å². The molecular formula is C8H7BrN2OS. The molecule has 0 saturated heterocycles. The zero-order valence-corrected chi connectivity index (χ0v) is 9.35. The minimum atomic E-state index is 0.635. The molecule has 2 heterocycles. The molecule has 0 radical (unpaired) electrons. The molecule has 5 heteroatoms. The van der Waals surface area contributed by atoms with Gasteiger partial charge in [-0.15, -0.1) is 0 Å². The van der Waals surface area contributed by atoms with Crippen molar-refractivity contribution in [2.24, 2.45) is 0 Å². The molecule has 0 aliphatic heterocycles. The highest BCUT2D eigenvalue weighted by Gasteiger charge is 2.10. The molecule has 0 aliphatic carbocycles. The Hall–Kier alpha value is -0.680. The summed E-state index contributed by atoms with van der Waals surface area (Å²) in [4.78, 5) is 4.23. The van der Waals surface area contributed by atoms with E-state index in [0.717, 1.165) is 22.8 Å². The molecule has 3 nitrogen and oxygen atoms in total. The summed E-state index contributed by atoms with van der Waals surface area (Å²) in [5.74, 6) is 0.962. The van der Waals surface area contributed by atoms with Crippen LogP contribution in [0.2, 0.25) is 0 Å². The number of hydrogen-bond donors (Lipinski definition) is 0. The summed E-state index contributed by atoms with van der Waals surface area (Å²) in [5, 5.41) is 0.900. The lowest BCUT2D eigenvalue weighted by molar-refractivity contribution is 0.517. The van der Waals surface area contributed by atoms with E-state index in [1.807, 2.05) is 6.07 Å². The van der Waals surface area contributed by atoms with E-state index in [4.69, 9.17) is 4.42 Å². The molecule has 13 heavy (non-hydrogen) atoms. The Morgan fingerprint density at radius 1 is 1.62 bits per heavy atom. The molecule has 0 N–H and O–H groups in total. The van der Waals surface area contributed by atoms with Gasteiger partial charge in [-0.05, 0) is 33.5 Å². The molecule has 2 aromatic heterocycles. The van der Waals surface area contributed by atoms with E-state index in [1.165, 1.54) is 11.5 Å². The lowest BCUT2D eigenvalue weighted by atomic mass is 10.2. The molecule has 0 spiro atoms. The molecule has 0 aromatic carbocycles. The Bertz CT molecular complexity index is 410. The molecule has 0 unspecified atom stereocenters. The van der Waals surface area contributed by atoms with Gasteiger partial charge in [-0.1, -0.05) is 6.92 Å². The van der Waals surface area contributed by atoms with Gasteiger partial charge in [0.2, 0.25) is 4.73 Å². The van der Waals surface area contributed by atoms with Crippen LogP contribution in [0.15, 0.2) is 21.5 Å². The Balaban J connectivity index is 2.45. The van der Waals surface area contributed by atoms with E-state index in [-0.39, 0.29) is 0 Å². The molecule has 0 bridgehead atoms. The zero-order chi connectivity index (χ0) is 9.26. The minimum absolute atomic E-state index is 0.635. The summed E-state index contributed by atoms with van der Waals surface area (Å²) in [6.45, 7) is 2.05. The average Bonchev–Trinajstić information content (AvgIpc) is 2.71. The van der Waals surface area contributed by atoms with Crippen molar-refractivity contribution in [1.29, 1.82) is 0 Å². The molecule has 0 amide bonds. The zero-order valence-electron chi connectivity index (χ0n) is 6.95. The van der Waals surface area contributed by atoms with Crippen LogP contribution in [-0.4, -0.2) is 9.36 Å². The third-order valence-corrected chi connectivity index (χ3v) is 3.04. The van der Waals surface area contributed by atoms with Crippen molar-refractivity contribution in [3.63, 3.8) is 0 Å². The molecule has 0 atom stereocenters. The average molecular weight is 259 g/mol. The Labute approximate surface area is 88.1 Å².